The maximum Gasteiger partial charge on any atom is 0.115 e. The van der Waals surface area contributed by atoms with Gasteiger partial charge >= 0.3 is 0 Å². The lowest BCUT2D eigenvalue weighted by molar-refractivity contribution is 0.109. The van der Waals surface area contributed by atoms with Crippen LogP contribution in [0, 0.1) is 17.8 Å². The third-order valence-electron chi connectivity index (χ3n) is 6.69. The van der Waals surface area contributed by atoms with Crippen LogP contribution < -0.4 is 0 Å². The summed E-state index contributed by atoms with van der Waals surface area (Å²) in [5.74, 6) is 3.00. The highest BCUT2D eigenvalue weighted by atomic mass is 16.3. The van der Waals surface area contributed by atoms with E-state index in [2.05, 4.69) is 26.0 Å². The molecular weight excluding hydrogens is 268 g/mol. The van der Waals surface area contributed by atoms with Gasteiger partial charge in [-0.25, -0.2) is 0 Å². The number of hydrogen-bond donors (Lipinski definition) is 1. The van der Waals surface area contributed by atoms with Crippen molar-refractivity contribution in [2.24, 2.45) is 17.8 Å². The van der Waals surface area contributed by atoms with E-state index >= 15 is 0 Å². The predicted octanol–water partition coefficient (Wildman–Crippen LogP) is 6.06. The Labute approximate surface area is 136 Å². The Hall–Kier alpha value is -0.980. The highest BCUT2D eigenvalue weighted by Crippen LogP contribution is 2.52. The molecule has 1 heteroatoms. The Kier molecular flexibility index (Phi) is 4.80. The molecule has 0 heterocycles. The highest BCUT2D eigenvalue weighted by Gasteiger charge is 2.43. The lowest BCUT2D eigenvalue weighted by atomic mass is 9.56. The van der Waals surface area contributed by atoms with E-state index in [-0.39, 0.29) is 0 Å². The second-order valence-electron chi connectivity index (χ2n) is 8.12. The molecule has 122 valence electrons. The topological polar surface area (TPSA) is 20.2 Å². The van der Waals surface area contributed by atoms with Crippen LogP contribution >= 0.6 is 0 Å². The number of aromatic hydroxyl groups is 1. The van der Waals surface area contributed by atoms with Gasteiger partial charge in [0, 0.05) is 0 Å². The first-order valence-corrected chi connectivity index (χ1v) is 9.41. The zero-order valence-corrected chi connectivity index (χ0v) is 14.4. The van der Waals surface area contributed by atoms with Crippen LogP contribution in [0.4, 0.5) is 0 Å². The molecular formula is C21H32O. The molecule has 0 spiro atoms. The Balaban J connectivity index is 1.87. The van der Waals surface area contributed by atoms with Crippen LogP contribution in [-0.2, 0) is 5.41 Å². The van der Waals surface area contributed by atoms with Gasteiger partial charge in [-0.15, -0.1) is 0 Å². The van der Waals surface area contributed by atoms with Crippen LogP contribution in [0.15, 0.2) is 24.3 Å². The van der Waals surface area contributed by atoms with Crippen LogP contribution in [-0.4, -0.2) is 5.11 Å². The van der Waals surface area contributed by atoms with Gasteiger partial charge in [0.05, 0.1) is 0 Å². The van der Waals surface area contributed by atoms with Crippen LogP contribution in [0.5, 0.6) is 5.75 Å². The SMILES string of the molecule is CC(C)C1CCC(c2ccc(O)cc2)(C2CCCCC2)CC1. The summed E-state index contributed by atoms with van der Waals surface area (Å²) in [6.07, 6.45) is 12.5. The third kappa shape index (κ3) is 3.05. The summed E-state index contributed by atoms with van der Waals surface area (Å²) in [6.45, 7) is 4.78. The maximum atomic E-state index is 9.66. The molecule has 0 atom stereocenters. The van der Waals surface area contributed by atoms with Crippen LogP contribution in [0.2, 0.25) is 0 Å². The third-order valence-corrected chi connectivity index (χ3v) is 6.69. The number of phenolic OH excluding ortho intramolecular Hbond substituents is 1. The molecule has 1 N–H and O–H groups in total. The van der Waals surface area contributed by atoms with Crippen LogP contribution in [0.3, 0.4) is 0 Å². The molecule has 0 aliphatic heterocycles. The van der Waals surface area contributed by atoms with E-state index in [1.165, 1.54) is 63.4 Å². The Morgan fingerprint density at radius 3 is 2.05 bits per heavy atom. The van der Waals surface area contributed by atoms with Crippen molar-refractivity contribution in [1.29, 1.82) is 0 Å². The van der Waals surface area contributed by atoms with E-state index in [0.29, 0.717) is 11.2 Å². The molecule has 0 bridgehead atoms. The molecule has 2 saturated carbocycles. The van der Waals surface area contributed by atoms with E-state index in [1.54, 1.807) is 0 Å². The Bertz CT molecular complexity index is 459. The smallest absolute Gasteiger partial charge is 0.115 e. The zero-order chi connectivity index (χ0) is 15.6. The van der Waals surface area contributed by atoms with E-state index < -0.39 is 0 Å². The minimum Gasteiger partial charge on any atom is -0.508 e. The second kappa shape index (κ2) is 6.64. The monoisotopic (exact) mass is 300 g/mol. The van der Waals surface area contributed by atoms with E-state index in [4.69, 9.17) is 0 Å². The molecule has 0 radical (unpaired) electrons. The first kappa shape index (κ1) is 15.9. The summed E-state index contributed by atoms with van der Waals surface area (Å²) in [5, 5.41) is 9.66. The summed E-state index contributed by atoms with van der Waals surface area (Å²) in [7, 11) is 0. The fourth-order valence-electron chi connectivity index (χ4n) is 5.20. The summed E-state index contributed by atoms with van der Waals surface area (Å²) in [4.78, 5) is 0. The Morgan fingerprint density at radius 2 is 1.50 bits per heavy atom. The number of phenols is 1. The predicted molar refractivity (Wildman–Crippen MR) is 93.2 cm³/mol. The lowest BCUT2D eigenvalue weighted by Gasteiger charge is -2.48. The van der Waals surface area contributed by atoms with Gasteiger partial charge in [0.25, 0.3) is 0 Å². The van der Waals surface area contributed by atoms with Crippen molar-refractivity contribution in [2.45, 2.75) is 77.0 Å². The van der Waals surface area contributed by atoms with Crippen molar-refractivity contribution in [2.75, 3.05) is 0 Å². The minimum atomic E-state index is 0.388. The van der Waals surface area contributed by atoms with Crippen LogP contribution in [0.25, 0.3) is 0 Å². The summed E-state index contributed by atoms with van der Waals surface area (Å²) < 4.78 is 0. The van der Waals surface area contributed by atoms with Gasteiger partial charge in [0.2, 0.25) is 0 Å². The van der Waals surface area contributed by atoms with E-state index in [1.807, 2.05) is 12.1 Å². The maximum absolute atomic E-state index is 9.66. The fraction of sp³-hybridized carbons (Fsp3) is 0.714. The number of benzene rings is 1. The molecule has 22 heavy (non-hydrogen) atoms. The number of hydrogen-bond acceptors (Lipinski definition) is 1. The normalized spacial score (nSPS) is 30.6. The van der Waals surface area contributed by atoms with Gasteiger partial charge in [-0.2, -0.15) is 0 Å². The van der Waals surface area contributed by atoms with Gasteiger partial charge < -0.3 is 5.11 Å². The molecule has 2 aliphatic carbocycles. The summed E-state index contributed by atoms with van der Waals surface area (Å²) in [6, 6.07) is 8.21. The molecule has 1 aromatic rings. The van der Waals surface area contributed by atoms with Crippen molar-refractivity contribution in [1.82, 2.24) is 0 Å². The fourth-order valence-corrected chi connectivity index (χ4v) is 5.20. The molecule has 1 aromatic carbocycles. The van der Waals surface area contributed by atoms with Gasteiger partial charge in [0.1, 0.15) is 5.75 Å². The Morgan fingerprint density at radius 1 is 0.909 bits per heavy atom. The largest absolute Gasteiger partial charge is 0.508 e. The van der Waals surface area contributed by atoms with Crippen molar-refractivity contribution >= 4 is 0 Å². The standard InChI is InChI=1S/C21H32O/c1-16(2)17-12-14-21(15-13-17,18-6-4-3-5-7-18)19-8-10-20(22)11-9-19/h8-11,16-18,22H,3-7,12-15H2,1-2H3. The average Bonchev–Trinajstić information content (AvgIpc) is 2.56. The molecule has 0 amide bonds. The lowest BCUT2D eigenvalue weighted by Crippen LogP contribution is -2.40. The van der Waals surface area contributed by atoms with Crippen molar-refractivity contribution < 1.29 is 5.11 Å². The average molecular weight is 300 g/mol. The van der Waals surface area contributed by atoms with Crippen LogP contribution in [0.1, 0.15) is 77.2 Å². The molecule has 0 saturated heterocycles. The van der Waals surface area contributed by atoms with Gasteiger partial charge in [-0.05, 0) is 79.4 Å². The first-order chi connectivity index (χ1) is 10.6. The summed E-state index contributed by atoms with van der Waals surface area (Å²) >= 11 is 0. The van der Waals surface area contributed by atoms with Crippen molar-refractivity contribution in [3.63, 3.8) is 0 Å². The molecule has 1 nitrogen and oxygen atoms in total. The molecule has 2 aliphatic rings. The van der Waals surface area contributed by atoms with Crippen molar-refractivity contribution in [3.8, 4) is 5.75 Å². The molecule has 2 fully saturated rings. The quantitative estimate of drug-likeness (QED) is 0.719. The minimum absolute atomic E-state index is 0.388. The van der Waals surface area contributed by atoms with Crippen molar-refractivity contribution in [3.05, 3.63) is 29.8 Å². The van der Waals surface area contributed by atoms with Gasteiger partial charge in [-0.1, -0.05) is 45.2 Å². The van der Waals surface area contributed by atoms with Gasteiger partial charge in [0.15, 0.2) is 0 Å². The molecule has 0 aromatic heterocycles. The zero-order valence-electron chi connectivity index (χ0n) is 14.4. The summed E-state index contributed by atoms with van der Waals surface area (Å²) in [5.41, 5.74) is 1.89. The number of rotatable bonds is 3. The second-order valence-corrected chi connectivity index (χ2v) is 8.12. The highest BCUT2D eigenvalue weighted by molar-refractivity contribution is 5.33. The van der Waals surface area contributed by atoms with E-state index in [0.717, 1.165) is 17.8 Å². The van der Waals surface area contributed by atoms with E-state index in [9.17, 15) is 5.11 Å². The first-order valence-electron chi connectivity index (χ1n) is 9.41. The van der Waals surface area contributed by atoms with Gasteiger partial charge in [-0.3, -0.25) is 0 Å². The molecule has 0 unspecified atom stereocenters. The molecule has 3 rings (SSSR count).